The lowest BCUT2D eigenvalue weighted by Crippen LogP contribution is -2.55. The Labute approximate surface area is 303 Å². The number of ether oxygens (including phenoxy) is 3. The molecule has 1 saturated heterocycles. The number of amides is 3. The zero-order valence-corrected chi connectivity index (χ0v) is 29.5. The molecule has 5 rings (SSSR count). The van der Waals surface area contributed by atoms with E-state index in [9.17, 15) is 19.2 Å². The van der Waals surface area contributed by atoms with Gasteiger partial charge in [0.15, 0.2) is 6.10 Å². The van der Waals surface area contributed by atoms with Gasteiger partial charge in [0.2, 0.25) is 0 Å². The molecule has 3 amide bonds. The zero-order valence-electron chi connectivity index (χ0n) is 29.5. The van der Waals surface area contributed by atoms with Gasteiger partial charge in [-0.1, -0.05) is 66.7 Å². The SMILES string of the molecule is CC(C)(C)OC(=O)NC(=N)c1ccc(OCCCN2CCN(C(CC(=O)OC(c3ccccc3)c3ccccc3)c3cccnc3)C(=O)C2=O)cc1. The van der Waals surface area contributed by atoms with Crippen LogP contribution in [0.15, 0.2) is 109 Å². The fourth-order valence-electron chi connectivity index (χ4n) is 5.74. The molecule has 0 aliphatic carbocycles. The summed E-state index contributed by atoms with van der Waals surface area (Å²) in [4.78, 5) is 59.6. The molecule has 4 aromatic rings. The van der Waals surface area contributed by atoms with Gasteiger partial charge < -0.3 is 24.0 Å². The van der Waals surface area contributed by atoms with Crippen LogP contribution in [0.5, 0.6) is 5.75 Å². The van der Waals surface area contributed by atoms with Crippen molar-refractivity contribution < 1.29 is 33.4 Å². The Morgan fingerprint density at radius 3 is 2.08 bits per heavy atom. The van der Waals surface area contributed by atoms with E-state index in [4.69, 9.17) is 19.6 Å². The van der Waals surface area contributed by atoms with Crippen LogP contribution < -0.4 is 10.1 Å². The normalized spacial score (nSPS) is 13.8. The van der Waals surface area contributed by atoms with Crippen molar-refractivity contribution in [3.8, 4) is 5.75 Å². The smallest absolute Gasteiger partial charge is 0.413 e. The van der Waals surface area contributed by atoms with Crippen LogP contribution in [-0.2, 0) is 23.9 Å². The Hall–Kier alpha value is -6.04. The molecule has 1 unspecified atom stereocenters. The molecular formula is C40H43N5O7. The van der Waals surface area contributed by atoms with Crippen molar-refractivity contribution in [1.29, 1.82) is 5.41 Å². The summed E-state index contributed by atoms with van der Waals surface area (Å²) >= 11 is 0. The largest absolute Gasteiger partial charge is 0.494 e. The van der Waals surface area contributed by atoms with Crippen LogP contribution in [0.3, 0.4) is 0 Å². The Morgan fingerprint density at radius 2 is 1.48 bits per heavy atom. The molecule has 3 aromatic carbocycles. The van der Waals surface area contributed by atoms with Gasteiger partial charge in [-0.3, -0.25) is 30.1 Å². The predicted octanol–water partition coefficient (Wildman–Crippen LogP) is 5.84. The number of hydrogen-bond donors (Lipinski definition) is 2. The molecule has 2 N–H and O–H groups in total. The van der Waals surface area contributed by atoms with Gasteiger partial charge in [0, 0.05) is 37.6 Å². The Kier molecular flexibility index (Phi) is 12.4. The number of rotatable bonds is 13. The van der Waals surface area contributed by atoms with E-state index in [-0.39, 0.29) is 32.0 Å². The van der Waals surface area contributed by atoms with Gasteiger partial charge >= 0.3 is 23.9 Å². The van der Waals surface area contributed by atoms with Crippen LogP contribution in [-0.4, -0.2) is 76.3 Å². The maximum Gasteiger partial charge on any atom is 0.413 e. The third kappa shape index (κ3) is 10.3. The minimum absolute atomic E-state index is 0.102. The minimum Gasteiger partial charge on any atom is -0.494 e. The summed E-state index contributed by atoms with van der Waals surface area (Å²) in [5.74, 6) is -1.42. The molecular weight excluding hydrogens is 662 g/mol. The van der Waals surface area contributed by atoms with Crippen LogP contribution in [0.4, 0.5) is 4.79 Å². The van der Waals surface area contributed by atoms with E-state index in [0.717, 1.165) is 11.1 Å². The van der Waals surface area contributed by atoms with Crippen molar-refractivity contribution in [3.05, 3.63) is 132 Å². The Balaban J connectivity index is 1.16. The number of pyridine rings is 1. The second kappa shape index (κ2) is 17.3. The number of esters is 1. The number of aromatic nitrogens is 1. The number of carbonyl (C=O) groups excluding carboxylic acids is 4. The number of benzene rings is 3. The second-order valence-corrected chi connectivity index (χ2v) is 13.2. The van der Waals surface area contributed by atoms with E-state index in [2.05, 4.69) is 10.3 Å². The molecule has 1 atom stereocenters. The number of carbonyl (C=O) groups is 4. The van der Waals surface area contributed by atoms with Crippen LogP contribution in [0.25, 0.3) is 0 Å². The van der Waals surface area contributed by atoms with Gasteiger partial charge in [0.05, 0.1) is 19.1 Å². The summed E-state index contributed by atoms with van der Waals surface area (Å²) in [5.41, 5.74) is 2.05. The summed E-state index contributed by atoms with van der Waals surface area (Å²) in [6.45, 7) is 6.32. The average molecular weight is 706 g/mol. The molecule has 2 heterocycles. The highest BCUT2D eigenvalue weighted by atomic mass is 16.6. The van der Waals surface area contributed by atoms with Crippen LogP contribution >= 0.6 is 0 Å². The first kappa shape index (κ1) is 37.2. The second-order valence-electron chi connectivity index (χ2n) is 13.2. The summed E-state index contributed by atoms with van der Waals surface area (Å²) in [5, 5.41) is 10.5. The van der Waals surface area contributed by atoms with Gasteiger partial charge in [-0.2, -0.15) is 0 Å². The summed E-state index contributed by atoms with van der Waals surface area (Å²) in [6.07, 6.45) is 2.15. The van der Waals surface area contributed by atoms with Crippen LogP contribution in [0.2, 0.25) is 0 Å². The van der Waals surface area contributed by atoms with Gasteiger partial charge in [-0.15, -0.1) is 0 Å². The highest BCUT2D eigenvalue weighted by Gasteiger charge is 2.38. The van der Waals surface area contributed by atoms with Crippen molar-refractivity contribution >= 4 is 29.7 Å². The van der Waals surface area contributed by atoms with E-state index in [1.807, 2.05) is 60.7 Å². The Bertz CT molecular complexity index is 1790. The number of alkyl carbamates (subject to hydrolysis) is 1. The van der Waals surface area contributed by atoms with Gasteiger partial charge in [-0.05, 0) is 74.2 Å². The number of nitrogens with one attached hydrogen (secondary N) is 2. The maximum absolute atomic E-state index is 13.6. The molecule has 52 heavy (non-hydrogen) atoms. The topological polar surface area (TPSA) is 151 Å². The van der Waals surface area contributed by atoms with Crippen LogP contribution in [0, 0.1) is 5.41 Å². The molecule has 0 bridgehead atoms. The number of nitrogens with zero attached hydrogens (tertiary/aromatic N) is 3. The molecule has 1 aromatic heterocycles. The quantitative estimate of drug-likeness (QED) is 0.0580. The van der Waals surface area contributed by atoms with E-state index >= 15 is 0 Å². The maximum atomic E-state index is 13.6. The lowest BCUT2D eigenvalue weighted by atomic mass is 10.0. The van der Waals surface area contributed by atoms with Crippen molar-refractivity contribution in [2.45, 2.75) is 51.4 Å². The molecule has 12 nitrogen and oxygen atoms in total. The van der Waals surface area contributed by atoms with E-state index in [1.54, 1.807) is 69.6 Å². The van der Waals surface area contributed by atoms with Crippen molar-refractivity contribution in [2.24, 2.45) is 0 Å². The van der Waals surface area contributed by atoms with E-state index in [0.29, 0.717) is 29.8 Å². The molecule has 1 aliphatic rings. The third-order valence-corrected chi connectivity index (χ3v) is 8.21. The monoisotopic (exact) mass is 705 g/mol. The van der Waals surface area contributed by atoms with Gasteiger partial charge in [0.25, 0.3) is 0 Å². The summed E-state index contributed by atoms with van der Waals surface area (Å²) in [6, 6.07) is 28.3. The third-order valence-electron chi connectivity index (χ3n) is 8.21. The predicted molar refractivity (Wildman–Crippen MR) is 193 cm³/mol. The summed E-state index contributed by atoms with van der Waals surface area (Å²) in [7, 11) is 0. The van der Waals surface area contributed by atoms with Crippen molar-refractivity contribution in [1.82, 2.24) is 20.1 Å². The average Bonchev–Trinajstić information content (AvgIpc) is 3.14. The highest BCUT2D eigenvalue weighted by molar-refractivity contribution is 6.35. The fourth-order valence-corrected chi connectivity index (χ4v) is 5.74. The summed E-state index contributed by atoms with van der Waals surface area (Å²) < 4.78 is 17.1. The molecule has 12 heteroatoms. The fraction of sp³-hybridized carbons (Fsp3) is 0.300. The van der Waals surface area contributed by atoms with E-state index < -0.39 is 41.6 Å². The number of piperazine rings is 1. The molecule has 1 fully saturated rings. The van der Waals surface area contributed by atoms with Gasteiger partial charge in [0.1, 0.15) is 17.2 Å². The Morgan fingerprint density at radius 1 is 0.846 bits per heavy atom. The first-order valence-corrected chi connectivity index (χ1v) is 17.1. The minimum atomic E-state index is -0.751. The molecule has 1 aliphatic heterocycles. The van der Waals surface area contributed by atoms with Crippen molar-refractivity contribution in [3.63, 3.8) is 0 Å². The lowest BCUT2D eigenvalue weighted by Gasteiger charge is -2.38. The standard InChI is InChI=1S/C40H43N5O7/c1-40(2,3)52-39(49)43-36(41)30-17-19-32(20-18-30)50-25-11-22-44-23-24-45(38(48)37(44)47)33(31-16-10-21-42-27-31)26-34(46)51-35(28-12-6-4-7-13-28)29-14-8-5-9-15-29/h4-10,12-21,27,33,35H,11,22-26H2,1-3H3,(H2,41,43,49). The van der Waals surface area contributed by atoms with Crippen molar-refractivity contribution in [2.75, 3.05) is 26.2 Å². The molecule has 270 valence electrons. The number of amidine groups is 1. The van der Waals surface area contributed by atoms with Crippen LogP contribution in [0.1, 0.15) is 68.0 Å². The highest BCUT2D eigenvalue weighted by Crippen LogP contribution is 2.31. The first-order chi connectivity index (χ1) is 25.0. The molecule has 0 saturated carbocycles. The molecule has 0 radical (unpaired) electrons. The van der Waals surface area contributed by atoms with E-state index in [1.165, 1.54) is 9.80 Å². The molecule has 0 spiro atoms. The number of hydrogen-bond acceptors (Lipinski definition) is 9. The zero-order chi connectivity index (χ0) is 37.1. The first-order valence-electron chi connectivity index (χ1n) is 17.1. The lowest BCUT2D eigenvalue weighted by molar-refractivity contribution is -0.160. The van der Waals surface area contributed by atoms with Gasteiger partial charge in [-0.25, -0.2) is 4.79 Å².